The number of carbonyl (C=O) groups excluding carboxylic acids is 1. The second-order valence-corrected chi connectivity index (χ2v) is 4.86. The van der Waals surface area contributed by atoms with Crippen LogP contribution in [0.15, 0.2) is 48.5 Å². The van der Waals surface area contributed by atoms with Crippen LogP contribution in [-0.4, -0.2) is 15.8 Å². The summed E-state index contributed by atoms with van der Waals surface area (Å²) >= 11 is 0. The van der Waals surface area contributed by atoms with Gasteiger partial charge in [-0.05, 0) is 24.6 Å². The molecule has 0 fully saturated rings. The van der Waals surface area contributed by atoms with E-state index < -0.39 is 15.8 Å². The third kappa shape index (κ3) is 3.88. The number of hydrogen-bond acceptors (Lipinski definition) is 5. The minimum atomic E-state index is -0.523. The van der Waals surface area contributed by atoms with E-state index in [1.54, 1.807) is 6.92 Å². The van der Waals surface area contributed by atoms with Crippen molar-refractivity contribution in [1.29, 1.82) is 0 Å². The average Bonchev–Trinajstić information content (AvgIpc) is 2.54. The topological polar surface area (TPSA) is 115 Å². The largest absolute Gasteiger partial charge is 0.326 e. The molecular formula is C15H13N3O5. The van der Waals surface area contributed by atoms with Gasteiger partial charge in [-0.1, -0.05) is 12.1 Å². The molecule has 0 aromatic heterocycles. The van der Waals surface area contributed by atoms with Crippen LogP contribution in [0.3, 0.4) is 0 Å². The Balaban J connectivity index is 2.07. The van der Waals surface area contributed by atoms with Crippen LogP contribution in [0.25, 0.3) is 0 Å². The summed E-state index contributed by atoms with van der Waals surface area (Å²) in [6.07, 6.45) is 0. The summed E-state index contributed by atoms with van der Waals surface area (Å²) in [6, 6.07) is 11.2. The number of nitrogens with zero attached hydrogens (tertiary/aromatic N) is 2. The van der Waals surface area contributed by atoms with Gasteiger partial charge in [-0.3, -0.25) is 25.0 Å². The lowest BCUT2D eigenvalue weighted by atomic mass is 10.00. The monoisotopic (exact) mass is 315 g/mol. The fourth-order valence-electron chi connectivity index (χ4n) is 1.95. The zero-order valence-corrected chi connectivity index (χ0v) is 12.1. The predicted octanol–water partition coefficient (Wildman–Crippen LogP) is 3.25. The van der Waals surface area contributed by atoms with Gasteiger partial charge in [-0.15, -0.1) is 0 Å². The molecule has 2 aromatic rings. The summed E-state index contributed by atoms with van der Waals surface area (Å²) in [6.45, 7) is 1.67. The standard InChI is InChI=1S/C15H13N3O5/c1-10(11-2-6-13(7-3-11)17(20)21)15(19)16-12-4-8-14(9-5-12)18(22)23/h2-10H,1H3,(H,16,19). The SMILES string of the molecule is CC(C(=O)Nc1ccc([N+](=O)[O-])cc1)c1ccc([N+](=O)[O-])cc1. The molecule has 0 bridgehead atoms. The average molecular weight is 315 g/mol. The Morgan fingerprint density at radius 3 is 1.78 bits per heavy atom. The van der Waals surface area contributed by atoms with Crippen molar-refractivity contribution in [2.24, 2.45) is 0 Å². The second-order valence-electron chi connectivity index (χ2n) is 4.86. The van der Waals surface area contributed by atoms with Crippen molar-refractivity contribution in [2.45, 2.75) is 12.8 Å². The highest BCUT2D eigenvalue weighted by molar-refractivity contribution is 5.95. The van der Waals surface area contributed by atoms with Gasteiger partial charge in [0.15, 0.2) is 0 Å². The molecule has 23 heavy (non-hydrogen) atoms. The highest BCUT2D eigenvalue weighted by atomic mass is 16.6. The molecule has 0 radical (unpaired) electrons. The Morgan fingerprint density at radius 1 is 0.913 bits per heavy atom. The van der Waals surface area contributed by atoms with Crippen LogP contribution in [0.4, 0.5) is 17.1 Å². The number of carbonyl (C=O) groups is 1. The zero-order chi connectivity index (χ0) is 17.0. The van der Waals surface area contributed by atoms with Gasteiger partial charge in [-0.2, -0.15) is 0 Å². The molecule has 2 rings (SSSR count). The van der Waals surface area contributed by atoms with Gasteiger partial charge in [0.25, 0.3) is 11.4 Å². The number of non-ortho nitro benzene ring substituents is 2. The van der Waals surface area contributed by atoms with E-state index >= 15 is 0 Å². The van der Waals surface area contributed by atoms with Gasteiger partial charge < -0.3 is 5.32 Å². The molecule has 118 valence electrons. The van der Waals surface area contributed by atoms with Gasteiger partial charge in [0.2, 0.25) is 5.91 Å². The first-order chi connectivity index (χ1) is 10.9. The van der Waals surface area contributed by atoms with Gasteiger partial charge in [-0.25, -0.2) is 0 Å². The zero-order valence-electron chi connectivity index (χ0n) is 12.1. The van der Waals surface area contributed by atoms with Crippen molar-refractivity contribution in [1.82, 2.24) is 0 Å². The molecule has 0 saturated carbocycles. The van der Waals surface area contributed by atoms with E-state index in [2.05, 4.69) is 5.32 Å². The van der Waals surface area contributed by atoms with E-state index in [0.29, 0.717) is 11.3 Å². The number of hydrogen-bond donors (Lipinski definition) is 1. The quantitative estimate of drug-likeness (QED) is 0.671. The van der Waals surface area contributed by atoms with Crippen molar-refractivity contribution in [3.05, 3.63) is 74.3 Å². The molecule has 1 unspecified atom stereocenters. The van der Waals surface area contributed by atoms with Gasteiger partial charge in [0, 0.05) is 30.0 Å². The summed E-state index contributed by atoms with van der Waals surface area (Å²) in [7, 11) is 0. The van der Waals surface area contributed by atoms with Crippen molar-refractivity contribution in [3.63, 3.8) is 0 Å². The molecule has 1 amide bonds. The third-order valence-corrected chi connectivity index (χ3v) is 3.34. The molecule has 8 heteroatoms. The Morgan fingerprint density at radius 2 is 1.35 bits per heavy atom. The Hall–Kier alpha value is -3.29. The van der Waals surface area contributed by atoms with Gasteiger partial charge in [0.05, 0.1) is 15.8 Å². The lowest BCUT2D eigenvalue weighted by Gasteiger charge is -2.12. The molecule has 2 aromatic carbocycles. The highest BCUT2D eigenvalue weighted by Crippen LogP contribution is 2.22. The summed E-state index contributed by atoms with van der Waals surface area (Å²) in [5, 5.41) is 23.8. The van der Waals surface area contributed by atoms with Crippen LogP contribution < -0.4 is 5.32 Å². The lowest BCUT2D eigenvalue weighted by molar-refractivity contribution is -0.385. The first-order valence-corrected chi connectivity index (χ1v) is 6.68. The highest BCUT2D eigenvalue weighted by Gasteiger charge is 2.17. The maximum absolute atomic E-state index is 12.2. The number of benzene rings is 2. The van der Waals surface area contributed by atoms with E-state index in [-0.39, 0.29) is 17.3 Å². The normalized spacial score (nSPS) is 11.5. The van der Waals surface area contributed by atoms with Crippen LogP contribution in [-0.2, 0) is 4.79 Å². The number of anilines is 1. The Kier molecular flexibility index (Phi) is 4.65. The fraction of sp³-hybridized carbons (Fsp3) is 0.133. The van der Waals surface area contributed by atoms with Crippen LogP contribution in [0, 0.1) is 20.2 Å². The Labute approximate surface area is 131 Å². The number of rotatable bonds is 5. The first-order valence-electron chi connectivity index (χ1n) is 6.68. The molecule has 0 aliphatic carbocycles. The predicted molar refractivity (Wildman–Crippen MR) is 83.2 cm³/mol. The number of nitrogens with one attached hydrogen (secondary N) is 1. The van der Waals surface area contributed by atoms with Crippen LogP contribution >= 0.6 is 0 Å². The molecule has 0 aliphatic rings. The van der Waals surface area contributed by atoms with Gasteiger partial charge in [0.1, 0.15) is 0 Å². The minimum Gasteiger partial charge on any atom is -0.326 e. The van der Waals surface area contributed by atoms with E-state index in [0.717, 1.165) is 0 Å². The molecule has 0 heterocycles. The molecule has 0 spiro atoms. The fourth-order valence-corrected chi connectivity index (χ4v) is 1.95. The molecule has 0 aliphatic heterocycles. The Bertz CT molecular complexity index is 741. The third-order valence-electron chi connectivity index (χ3n) is 3.34. The van der Waals surface area contributed by atoms with Crippen molar-refractivity contribution in [2.75, 3.05) is 5.32 Å². The summed E-state index contributed by atoms with van der Waals surface area (Å²) in [4.78, 5) is 32.3. The molecule has 1 atom stereocenters. The van der Waals surface area contributed by atoms with Crippen LogP contribution in [0.2, 0.25) is 0 Å². The van der Waals surface area contributed by atoms with Crippen molar-refractivity contribution in [3.8, 4) is 0 Å². The van der Waals surface area contributed by atoms with Crippen LogP contribution in [0.5, 0.6) is 0 Å². The number of nitro groups is 2. The van der Waals surface area contributed by atoms with Crippen LogP contribution in [0.1, 0.15) is 18.4 Å². The van der Waals surface area contributed by atoms with E-state index in [1.807, 2.05) is 0 Å². The van der Waals surface area contributed by atoms with Crippen molar-refractivity contribution >= 4 is 23.0 Å². The molecule has 8 nitrogen and oxygen atoms in total. The summed E-state index contributed by atoms with van der Waals surface area (Å²) < 4.78 is 0. The first kappa shape index (κ1) is 16.1. The summed E-state index contributed by atoms with van der Waals surface area (Å²) in [5.41, 5.74) is 0.965. The van der Waals surface area contributed by atoms with E-state index in [4.69, 9.17) is 0 Å². The van der Waals surface area contributed by atoms with E-state index in [9.17, 15) is 25.0 Å². The molecule has 1 N–H and O–H groups in total. The minimum absolute atomic E-state index is 0.0447. The summed E-state index contributed by atoms with van der Waals surface area (Å²) in [5.74, 6) is -0.835. The molecular weight excluding hydrogens is 302 g/mol. The second kappa shape index (κ2) is 6.65. The molecule has 0 saturated heterocycles. The van der Waals surface area contributed by atoms with Gasteiger partial charge >= 0.3 is 0 Å². The lowest BCUT2D eigenvalue weighted by Crippen LogP contribution is -2.18. The van der Waals surface area contributed by atoms with E-state index in [1.165, 1.54) is 48.5 Å². The van der Waals surface area contributed by atoms with Crippen molar-refractivity contribution < 1.29 is 14.6 Å². The smallest absolute Gasteiger partial charge is 0.269 e. The number of amides is 1. The maximum atomic E-state index is 12.2. The number of nitro benzene ring substituents is 2. The maximum Gasteiger partial charge on any atom is 0.269 e.